The first-order chi connectivity index (χ1) is 11.0. The van der Waals surface area contributed by atoms with Crippen LogP contribution in [0, 0.1) is 5.41 Å². The van der Waals surface area contributed by atoms with Crippen molar-refractivity contribution in [2.75, 3.05) is 19.7 Å². The number of nitrogens with zero attached hydrogens (tertiary/aromatic N) is 2. The van der Waals surface area contributed by atoms with E-state index in [2.05, 4.69) is 18.7 Å². The molecule has 3 fully saturated rings. The first-order valence-corrected chi connectivity index (χ1v) is 9.36. The van der Waals surface area contributed by atoms with Gasteiger partial charge in [0.15, 0.2) is 0 Å². The standard InChI is InChI=1S/C18H32N2O3/c1-4-23-16-12-15(21)18(16)8-10-19(11-9-18)17(22)20-13(2)6-5-7-14(20)3/h13-16,21H,4-12H2,1-3H3. The van der Waals surface area contributed by atoms with E-state index in [-0.39, 0.29) is 23.7 Å². The number of hydrogen-bond donors (Lipinski definition) is 1. The van der Waals surface area contributed by atoms with E-state index in [1.807, 2.05) is 11.8 Å². The molecule has 1 saturated carbocycles. The molecule has 0 radical (unpaired) electrons. The smallest absolute Gasteiger partial charge is 0.320 e. The van der Waals surface area contributed by atoms with E-state index in [4.69, 9.17) is 4.74 Å². The Hall–Kier alpha value is -0.810. The normalized spacial score (nSPS) is 36.9. The predicted molar refractivity (Wildman–Crippen MR) is 89.3 cm³/mol. The van der Waals surface area contributed by atoms with Crippen LogP contribution < -0.4 is 0 Å². The van der Waals surface area contributed by atoms with Crippen LogP contribution in [0.15, 0.2) is 0 Å². The van der Waals surface area contributed by atoms with Crippen LogP contribution in [-0.2, 0) is 4.74 Å². The summed E-state index contributed by atoms with van der Waals surface area (Å²) >= 11 is 0. The van der Waals surface area contributed by atoms with Crippen LogP contribution >= 0.6 is 0 Å². The zero-order chi connectivity index (χ0) is 16.6. The molecule has 23 heavy (non-hydrogen) atoms. The minimum atomic E-state index is -0.260. The molecule has 2 saturated heterocycles. The molecule has 4 atom stereocenters. The molecular formula is C18H32N2O3. The van der Waals surface area contributed by atoms with E-state index in [0.717, 1.165) is 45.2 Å². The maximum atomic E-state index is 12.9. The van der Waals surface area contributed by atoms with E-state index in [1.165, 1.54) is 6.42 Å². The molecule has 132 valence electrons. The van der Waals surface area contributed by atoms with Crippen molar-refractivity contribution < 1.29 is 14.6 Å². The number of carbonyl (C=O) groups excluding carboxylic acids is 1. The number of likely N-dealkylation sites (tertiary alicyclic amines) is 2. The molecule has 1 spiro atoms. The first kappa shape index (κ1) is 17.0. The summed E-state index contributed by atoms with van der Waals surface area (Å²) in [6, 6.07) is 0.876. The largest absolute Gasteiger partial charge is 0.392 e. The lowest BCUT2D eigenvalue weighted by atomic mass is 9.58. The van der Waals surface area contributed by atoms with Gasteiger partial charge in [0.25, 0.3) is 0 Å². The maximum absolute atomic E-state index is 12.9. The van der Waals surface area contributed by atoms with Crippen molar-refractivity contribution in [2.24, 2.45) is 5.41 Å². The highest BCUT2D eigenvalue weighted by atomic mass is 16.5. The van der Waals surface area contributed by atoms with Gasteiger partial charge in [-0.3, -0.25) is 0 Å². The number of aliphatic hydroxyl groups is 1. The number of aliphatic hydroxyl groups excluding tert-OH is 1. The topological polar surface area (TPSA) is 53.0 Å². The average molecular weight is 324 g/mol. The molecule has 2 heterocycles. The molecule has 0 aromatic carbocycles. The predicted octanol–water partition coefficient (Wildman–Crippen LogP) is 2.62. The van der Waals surface area contributed by atoms with Gasteiger partial charge in [-0.1, -0.05) is 0 Å². The molecule has 0 aromatic rings. The van der Waals surface area contributed by atoms with Gasteiger partial charge in [-0.25, -0.2) is 4.79 Å². The van der Waals surface area contributed by atoms with Gasteiger partial charge in [0.1, 0.15) is 0 Å². The van der Waals surface area contributed by atoms with Crippen LogP contribution in [0.3, 0.4) is 0 Å². The lowest BCUT2D eigenvalue weighted by molar-refractivity contribution is -0.207. The first-order valence-electron chi connectivity index (χ1n) is 9.36. The van der Waals surface area contributed by atoms with Crippen LogP contribution in [0.2, 0.25) is 0 Å². The van der Waals surface area contributed by atoms with Crippen LogP contribution in [0.25, 0.3) is 0 Å². The van der Waals surface area contributed by atoms with E-state index in [1.54, 1.807) is 0 Å². The molecule has 0 bridgehead atoms. The fraction of sp³-hybridized carbons (Fsp3) is 0.944. The second-order valence-electron chi connectivity index (χ2n) is 7.73. The molecule has 1 N–H and O–H groups in total. The van der Waals surface area contributed by atoms with Gasteiger partial charge >= 0.3 is 6.03 Å². The average Bonchev–Trinajstić information content (AvgIpc) is 2.54. The summed E-state index contributed by atoms with van der Waals surface area (Å²) < 4.78 is 5.81. The Labute approximate surface area is 140 Å². The fourth-order valence-electron chi connectivity index (χ4n) is 4.89. The third-order valence-corrected chi connectivity index (χ3v) is 6.49. The number of carbonyl (C=O) groups is 1. The van der Waals surface area contributed by atoms with E-state index < -0.39 is 0 Å². The number of ether oxygens (including phenoxy) is 1. The second-order valence-corrected chi connectivity index (χ2v) is 7.73. The minimum absolute atomic E-state index is 0.105. The lowest BCUT2D eigenvalue weighted by Crippen LogP contribution is -2.64. The van der Waals surface area contributed by atoms with Crippen molar-refractivity contribution in [2.45, 2.75) is 83.6 Å². The molecule has 4 unspecified atom stereocenters. The molecule has 5 nitrogen and oxygen atoms in total. The fourth-order valence-corrected chi connectivity index (χ4v) is 4.89. The molecular weight excluding hydrogens is 292 g/mol. The van der Waals surface area contributed by atoms with Crippen LogP contribution in [-0.4, -0.2) is 64.9 Å². The SMILES string of the molecule is CCOC1CC(O)C12CCN(C(=O)N1C(C)CCCC1C)CC2. The molecule has 2 aliphatic heterocycles. The zero-order valence-electron chi connectivity index (χ0n) is 14.8. The monoisotopic (exact) mass is 324 g/mol. The van der Waals surface area contributed by atoms with Crippen molar-refractivity contribution >= 4 is 6.03 Å². The van der Waals surface area contributed by atoms with E-state index in [9.17, 15) is 9.90 Å². The highest BCUT2D eigenvalue weighted by Crippen LogP contribution is 2.51. The summed E-state index contributed by atoms with van der Waals surface area (Å²) in [5, 5.41) is 10.3. The second kappa shape index (κ2) is 6.60. The minimum Gasteiger partial charge on any atom is -0.392 e. The summed E-state index contributed by atoms with van der Waals surface area (Å²) in [4.78, 5) is 17.0. The third-order valence-electron chi connectivity index (χ3n) is 6.49. The van der Waals surface area contributed by atoms with Crippen molar-refractivity contribution in [1.82, 2.24) is 9.80 Å². The quantitative estimate of drug-likeness (QED) is 0.849. The molecule has 3 rings (SSSR count). The van der Waals surface area contributed by atoms with Gasteiger partial charge in [-0.15, -0.1) is 0 Å². The Morgan fingerprint density at radius 2 is 1.83 bits per heavy atom. The Morgan fingerprint density at radius 3 is 2.35 bits per heavy atom. The Morgan fingerprint density at radius 1 is 1.22 bits per heavy atom. The van der Waals surface area contributed by atoms with Gasteiger partial charge < -0.3 is 19.6 Å². The third kappa shape index (κ3) is 2.86. The summed E-state index contributed by atoms with van der Waals surface area (Å²) in [5.41, 5.74) is -0.105. The van der Waals surface area contributed by atoms with Crippen molar-refractivity contribution in [3.63, 3.8) is 0 Å². The Kier molecular flexibility index (Phi) is 4.88. The number of amides is 2. The van der Waals surface area contributed by atoms with Gasteiger partial charge in [-0.05, 0) is 52.9 Å². The molecule has 3 aliphatic rings. The van der Waals surface area contributed by atoms with Gasteiger partial charge in [0, 0.05) is 43.6 Å². The highest BCUT2D eigenvalue weighted by Gasteiger charge is 2.56. The van der Waals surface area contributed by atoms with Gasteiger partial charge in [-0.2, -0.15) is 0 Å². The van der Waals surface area contributed by atoms with Gasteiger partial charge in [0.2, 0.25) is 0 Å². The van der Waals surface area contributed by atoms with Crippen molar-refractivity contribution in [1.29, 1.82) is 0 Å². The lowest BCUT2D eigenvalue weighted by Gasteiger charge is -2.57. The summed E-state index contributed by atoms with van der Waals surface area (Å²) in [6.45, 7) is 8.53. The van der Waals surface area contributed by atoms with E-state index >= 15 is 0 Å². The van der Waals surface area contributed by atoms with Gasteiger partial charge in [0.05, 0.1) is 12.2 Å². The summed E-state index contributed by atoms with van der Waals surface area (Å²) in [5.74, 6) is 0. The van der Waals surface area contributed by atoms with Crippen LogP contribution in [0.4, 0.5) is 4.79 Å². The Balaban J connectivity index is 1.61. The molecule has 0 aromatic heterocycles. The van der Waals surface area contributed by atoms with Crippen LogP contribution in [0.1, 0.15) is 59.3 Å². The molecule has 5 heteroatoms. The maximum Gasteiger partial charge on any atom is 0.320 e. The van der Waals surface area contributed by atoms with Crippen molar-refractivity contribution in [3.8, 4) is 0 Å². The molecule has 1 aliphatic carbocycles. The number of hydrogen-bond acceptors (Lipinski definition) is 3. The van der Waals surface area contributed by atoms with E-state index in [0.29, 0.717) is 18.7 Å². The number of urea groups is 1. The van der Waals surface area contributed by atoms with Crippen LogP contribution in [0.5, 0.6) is 0 Å². The Bertz CT molecular complexity index is 422. The number of piperidine rings is 2. The molecule has 2 amide bonds. The zero-order valence-corrected chi connectivity index (χ0v) is 14.8. The highest BCUT2D eigenvalue weighted by molar-refractivity contribution is 5.75. The number of rotatable bonds is 2. The summed E-state index contributed by atoms with van der Waals surface area (Å²) in [7, 11) is 0. The summed E-state index contributed by atoms with van der Waals surface area (Å²) in [6.07, 6.45) is 5.83. The van der Waals surface area contributed by atoms with Crippen molar-refractivity contribution in [3.05, 3.63) is 0 Å².